The van der Waals surface area contributed by atoms with Crippen molar-refractivity contribution in [2.45, 2.75) is 45.4 Å². The third-order valence-electron chi connectivity index (χ3n) is 2.88. The smallest absolute Gasteiger partial charge is 0.323 e. The SMILES string of the molecule is CCC(CC)(C(=O)OCC(C)C)C(=O)OCC(Cl)Cl. The summed E-state index contributed by atoms with van der Waals surface area (Å²) >= 11 is 11.0. The third-order valence-corrected chi connectivity index (χ3v) is 3.13. The molecule has 0 aromatic carbocycles. The van der Waals surface area contributed by atoms with Gasteiger partial charge in [0.05, 0.1) is 6.61 Å². The van der Waals surface area contributed by atoms with Gasteiger partial charge in [-0.25, -0.2) is 0 Å². The van der Waals surface area contributed by atoms with Crippen molar-refractivity contribution in [1.82, 2.24) is 0 Å². The van der Waals surface area contributed by atoms with E-state index in [4.69, 9.17) is 32.7 Å². The fraction of sp³-hybridized carbons (Fsp3) is 0.846. The first-order valence-corrected chi connectivity index (χ1v) is 7.30. The van der Waals surface area contributed by atoms with Gasteiger partial charge >= 0.3 is 11.9 Å². The largest absolute Gasteiger partial charge is 0.465 e. The van der Waals surface area contributed by atoms with Crippen LogP contribution in [0, 0.1) is 11.3 Å². The highest BCUT2D eigenvalue weighted by Crippen LogP contribution is 2.30. The molecular weight excluding hydrogens is 291 g/mol. The Hall–Kier alpha value is -0.480. The topological polar surface area (TPSA) is 52.6 Å². The number of hydrogen-bond acceptors (Lipinski definition) is 4. The maximum absolute atomic E-state index is 12.1. The summed E-state index contributed by atoms with van der Waals surface area (Å²) in [5.74, 6) is -0.962. The maximum Gasteiger partial charge on any atom is 0.323 e. The second-order valence-corrected chi connectivity index (χ2v) is 6.05. The van der Waals surface area contributed by atoms with Crippen LogP contribution in [0.3, 0.4) is 0 Å². The second-order valence-electron chi connectivity index (χ2n) is 4.77. The normalized spacial score (nSPS) is 11.8. The Morgan fingerprint density at radius 3 is 1.74 bits per heavy atom. The molecule has 0 radical (unpaired) electrons. The van der Waals surface area contributed by atoms with Gasteiger partial charge in [-0.2, -0.15) is 0 Å². The molecule has 0 aromatic heterocycles. The summed E-state index contributed by atoms with van der Waals surface area (Å²) in [4.78, 5) is 23.4. The number of carbonyl (C=O) groups excluding carboxylic acids is 2. The van der Waals surface area contributed by atoms with Crippen molar-refractivity contribution >= 4 is 35.1 Å². The third kappa shape index (κ3) is 5.57. The molecule has 0 aliphatic carbocycles. The summed E-state index contributed by atoms with van der Waals surface area (Å²) in [7, 11) is 0. The predicted molar refractivity (Wildman–Crippen MR) is 75.3 cm³/mol. The van der Waals surface area contributed by atoms with Crippen molar-refractivity contribution in [3.05, 3.63) is 0 Å². The van der Waals surface area contributed by atoms with Gasteiger partial charge in [0.15, 0.2) is 5.41 Å². The molecule has 0 aromatic rings. The molecule has 0 N–H and O–H groups in total. The lowest BCUT2D eigenvalue weighted by molar-refractivity contribution is -0.173. The van der Waals surface area contributed by atoms with E-state index < -0.39 is 22.2 Å². The number of rotatable bonds is 8. The van der Waals surface area contributed by atoms with E-state index in [0.717, 1.165) is 0 Å². The zero-order chi connectivity index (χ0) is 15.1. The van der Waals surface area contributed by atoms with Crippen molar-refractivity contribution in [1.29, 1.82) is 0 Å². The van der Waals surface area contributed by atoms with Gasteiger partial charge in [-0.05, 0) is 18.8 Å². The van der Waals surface area contributed by atoms with E-state index in [0.29, 0.717) is 12.8 Å². The van der Waals surface area contributed by atoms with Crippen LogP contribution in [-0.2, 0) is 19.1 Å². The molecule has 0 saturated heterocycles. The van der Waals surface area contributed by atoms with Gasteiger partial charge in [0.2, 0.25) is 0 Å². The van der Waals surface area contributed by atoms with Gasteiger partial charge in [-0.15, -0.1) is 23.2 Å². The van der Waals surface area contributed by atoms with Gasteiger partial charge in [-0.3, -0.25) is 9.59 Å². The molecule has 0 amide bonds. The average Bonchev–Trinajstić information content (AvgIpc) is 2.35. The first-order chi connectivity index (χ1) is 8.80. The fourth-order valence-electron chi connectivity index (χ4n) is 1.57. The van der Waals surface area contributed by atoms with E-state index in [-0.39, 0.29) is 19.1 Å². The van der Waals surface area contributed by atoms with Crippen LogP contribution in [0.5, 0.6) is 0 Å². The minimum Gasteiger partial charge on any atom is -0.465 e. The Morgan fingerprint density at radius 2 is 1.42 bits per heavy atom. The molecule has 0 atom stereocenters. The van der Waals surface area contributed by atoms with E-state index in [9.17, 15) is 9.59 Å². The highest BCUT2D eigenvalue weighted by molar-refractivity contribution is 6.44. The molecule has 0 unspecified atom stereocenters. The van der Waals surface area contributed by atoms with Crippen LogP contribution >= 0.6 is 23.2 Å². The minimum absolute atomic E-state index is 0.138. The van der Waals surface area contributed by atoms with Crippen LogP contribution in [0.2, 0.25) is 0 Å². The summed E-state index contributed by atoms with van der Waals surface area (Å²) in [6, 6.07) is 0. The van der Waals surface area contributed by atoms with E-state index in [2.05, 4.69) is 0 Å². The number of halogens is 2. The first-order valence-electron chi connectivity index (χ1n) is 6.42. The molecule has 19 heavy (non-hydrogen) atoms. The highest BCUT2D eigenvalue weighted by atomic mass is 35.5. The fourth-order valence-corrected chi connectivity index (χ4v) is 1.69. The molecule has 0 fully saturated rings. The summed E-state index contributed by atoms with van der Waals surface area (Å²) < 4.78 is 10.1. The van der Waals surface area contributed by atoms with Crippen LogP contribution in [0.1, 0.15) is 40.5 Å². The monoisotopic (exact) mass is 312 g/mol. The quantitative estimate of drug-likeness (QED) is 0.392. The lowest BCUT2D eigenvalue weighted by atomic mass is 9.82. The molecule has 0 rings (SSSR count). The van der Waals surface area contributed by atoms with Crippen molar-refractivity contribution in [3.63, 3.8) is 0 Å². The van der Waals surface area contributed by atoms with Crippen molar-refractivity contribution in [2.75, 3.05) is 13.2 Å². The summed E-state index contributed by atoms with van der Waals surface area (Å²) in [5, 5.41) is 0. The Morgan fingerprint density at radius 1 is 1.00 bits per heavy atom. The van der Waals surface area contributed by atoms with Gasteiger partial charge in [0.25, 0.3) is 0 Å². The minimum atomic E-state index is -1.27. The van der Waals surface area contributed by atoms with Crippen LogP contribution < -0.4 is 0 Å². The Kier molecular flexibility index (Phi) is 8.42. The maximum atomic E-state index is 12.1. The lowest BCUT2D eigenvalue weighted by Gasteiger charge is -2.27. The van der Waals surface area contributed by atoms with Crippen LogP contribution in [-0.4, -0.2) is 30.0 Å². The van der Waals surface area contributed by atoms with Crippen LogP contribution in [0.4, 0.5) is 0 Å². The van der Waals surface area contributed by atoms with Gasteiger partial charge in [0.1, 0.15) is 11.4 Å². The molecule has 0 aliphatic heterocycles. The lowest BCUT2D eigenvalue weighted by Crippen LogP contribution is -2.42. The number of hydrogen-bond donors (Lipinski definition) is 0. The van der Waals surface area contributed by atoms with Crippen molar-refractivity contribution in [2.24, 2.45) is 11.3 Å². The van der Waals surface area contributed by atoms with Crippen LogP contribution in [0.25, 0.3) is 0 Å². The molecule has 0 spiro atoms. The van der Waals surface area contributed by atoms with E-state index >= 15 is 0 Å². The predicted octanol–water partition coefficient (Wildman–Crippen LogP) is 3.34. The molecule has 0 aliphatic rings. The number of ether oxygens (including phenoxy) is 2. The Balaban J connectivity index is 4.81. The zero-order valence-electron chi connectivity index (χ0n) is 11.9. The standard InChI is InChI=1S/C13H22Cl2O4/c1-5-13(6-2,11(16)18-7-9(3)4)12(17)19-8-10(14)15/h9-10H,5-8H2,1-4H3. The van der Waals surface area contributed by atoms with E-state index in [1.807, 2.05) is 13.8 Å². The summed E-state index contributed by atoms with van der Waals surface area (Å²) in [5.41, 5.74) is -1.27. The van der Waals surface area contributed by atoms with Gasteiger partial charge in [-0.1, -0.05) is 27.7 Å². The summed E-state index contributed by atoms with van der Waals surface area (Å²) in [6.07, 6.45) is 0.628. The first kappa shape index (κ1) is 18.5. The van der Waals surface area contributed by atoms with Crippen molar-refractivity contribution in [3.8, 4) is 0 Å². The molecule has 0 heterocycles. The molecule has 0 bridgehead atoms. The summed E-state index contributed by atoms with van der Waals surface area (Å²) in [6.45, 7) is 7.50. The second kappa shape index (κ2) is 8.64. The Bertz CT molecular complexity index is 273. The molecule has 0 saturated carbocycles. The number of carbonyl (C=O) groups is 2. The number of esters is 2. The average molecular weight is 313 g/mol. The van der Waals surface area contributed by atoms with Crippen LogP contribution in [0.15, 0.2) is 0 Å². The molecular formula is C13H22Cl2O4. The Labute approximate surface area is 124 Å². The zero-order valence-corrected chi connectivity index (χ0v) is 13.4. The van der Waals surface area contributed by atoms with E-state index in [1.54, 1.807) is 13.8 Å². The molecule has 6 heteroatoms. The number of alkyl halides is 2. The molecule has 4 nitrogen and oxygen atoms in total. The van der Waals surface area contributed by atoms with Crippen molar-refractivity contribution < 1.29 is 19.1 Å². The highest BCUT2D eigenvalue weighted by Gasteiger charge is 2.46. The van der Waals surface area contributed by atoms with Gasteiger partial charge < -0.3 is 9.47 Å². The van der Waals surface area contributed by atoms with Gasteiger partial charge in [0, 0.05) is 0 Å². The molecule has 112 valence electrons. The van der Waals surface area contributed by atoms with E-state index in [1.165, 1.54) is 0 Å².